The normalized spacial score (nSPS) is 13.9. The second-order valence-corrected chi connectivity index (χ2v) is 5.79. The van der Waals surface area contributed by atoms with Crippen LogP contribution < -0.4 is 0 Å². The monoisotopic (exact) mass is 244 g/mol. The summed E-state index contributed by atoms with van der Waals surface area (Å²) in [4.78, 5) is 0. The van der Waals surface area contributed by atoms with E-state index in [1.807, 2.05) is 20.8 Å². The first-order valence-corrected chi connectivity index (χ1v) is 5.78. The largest absolute Gasteiger partial charge is 0.393 e. The van der Waals surface area contributed by atoms with Crippen molar-refractivity contribution in [2.24, 2.45) is 5.41 Å². The first kappa shape index (κ1) is 13.5. The molecular weight excluding hydrogens is 227 g/mol. The minimum atomic E-state index is -0.534. The van der Waals surface area contributed by atoms with Gasteiger partial charge in [0.25, 0.3) is 0 Å². The Morgan fingerprint density at radius 1 is 1.38 bits per heavy atom. The lowest BCUT2D eigenvalue weighted by Gasteiger charge is -2.22. The molecule has 0 fully saturated rings. The fourth-order valence-corrected chi connectivity index (χ4v) is 1.93. The Balaban J connectivity index is 2.69. The highest BCUT2D eigenvalue weighted by Crippen LogP contribution is 2.24. The molecule has 0 spiro atoms. The van der Waals surface area contributed by atoms with Gasteiger partial charge in [-0.25, -0.2) is 4.39 Å². The molecule has 1 rings (SSSR count). The highest BCUT2D eigenvalue weighted by atomic mass is 35.5. The van der Waals surface area contributed by atoms with Crippen LogP contribution in [0.15, 0.2) is 18.2 Å². The SMILES string of the molecule is CC(C)(C)CC(O)Cc1cc(Cl)ccc1F. The number of hydrogen-bond donors (Lipinski definition) is 1. The van der Waals surface area contributed by atoms with Crippen LogP contribution in [0.25, 0.3) is 0 Å². The number of rotatable bonds is 3. The van der Waals surface area contributed by atoms with E-state index in [2.05, 4.69) is 0 Å². The standard InChI is InChI=1S/C13H18ClFO/c1-13(2,3)8-11(16)7-9-6-10(14)4-5-12(9)15/h4-6,11,16H,7-8H2,1-3H3. The van der Waals surface area contributed by atoms with E-state index in [-0.39, 0.29) is 11.2 Å². The third kappa shape index (κ3) is 4.50. The Morgan fingerprint density at radius 3 is 2.56 bits per heavy atom. The van der Waals surface area contributed by atoms with Crippen molar-refractivity contribution in [1.82, 2.24) is 0 Å². The maximum atomic E-state index is 13.4. The molecule has 1 aromatic carbocycles. The zero-order valence-electron chi connectivity index (χ0n) is 9.93. The lowest BCUT2D eigenvalue weighted by Crippen LogP contribution is -2.20. The molecule has 1 nitrogen and oxygen atoms in total. The van der Waals surface area contributed by atoms with Crippen LogP contribution in [0.2, 0.25) is 5.02 Å². The molecular formula is C13H18ClFO. The maximum Gasteiger partial charge on any atom is 0.126 e. The summed E-state index contributed by atoms with van der Waals surface area (Å²) in [5, 5.41) is 10.3. The number of benzene rings is 1. The molecule has 90 valence electrons. The molecule has 1 unspecified atom stereocenters. The zero-order chi connectivity index (χ0) is 12.3. The van der Waals surface area contributed by atoms with Crippen LogP contribution in [-0.2, 0) is 6.42 Å². The van der Waals surface area contributed by atoms with Gasteiger partial charge in [-0.3, -0.25) is 0 Å². The predicted molar refractivity (Wildman–Crippen MR) is 65.2 cm³/mol. The van der Waals surface area contributed by atoms with Gasteiger partial charge in [0, 0.05) is 11.4 Å². The van der Waals surface area contributed by atoms with E-state index in [0.717, 1.165) is 0 Å². The Kier molecular flexibility index (Phi) is 4.34. The van der Waals surface area contributed by atoms with Crippen molar-refractivity contribution in [3.05, 3.63) is 34.6 Å². The van der Waals surface area contributed by atoms with E-state index in [1.165, 1.54) is 12.1 Å². The van der Waals surface area contributed by atoms with Gasteiger partial charge in [0.1, 0.15) is 5.82 Å². The van der Waals surface area contributed by atoms with E-state index < -0.39 is 6.10 Å². The number of aliphatic hydroxyl groups is 1. The van der Waals surface area contributed by atoms with Crippen LogP contribution in [0.1, 0.15) is 32.8 Å². The van der Waals surface area contributed by atoms with E-state index in [4.69, 9.17) is 11.6 Å². The van der Waals surface area contributed by atoms with Crippen LogP contribution in [0.5, 0.6) is 0 Å². The van der Waals surface area contributed by atoms with Crippen molar-refractivity contribution in [2.45, 2.75) is 39.7 Å². The average Bonchev–Trinajstić information content (AvgIpc) is 2.08. The lowest BCUT2D eigenvalue weighted by molar-refractivity contribution is 0.120. The number of aliphatic hydroxyl groups excluding tert-OH is 1. The molecule has 0 saturated heterocycles. The van der Waals surface area contributed by atoms with Gasteiger partial charge >= 0.3 is 0 Å². The number of hydrogen-bond acceptors (Lipinski definition) is 1. The van der Waals surface area contributed by atoms with Crippen LogP contribution >= 0.6 is 11.6 Å². The molecule has 0 aliphatic rings. The summed E-state index contributed by atoms with van der Waals surface area (Å²) in [6.07, 6.45) is 0.413. The molecule has 0 heterocycles. The molecule has 0 aliphatic heterocycles. The average molecular weight is 245 g/mol. The van der Waals surface area contributed by atoms with Crippen molar-refractivity contribution in [2.75, 3.05) is 0 Å². The molecule has 0 radical (unpaired) electrons. The molecule has 1 atom stereocenters. The lowest BCUT2D eigenvalue weighted by atomic mass is 9.87. The van der Waals surface area contributed by atoms with Crippen LogP contribution in [0, 0.1) is 11.2 Å². The summed E-state index contributed by atoms with van der Waals surface area (Å²) in [5.74, 6) is -0.308. The molecule has 0 amide bonds. The smallest absolute Gasteiger partial charge is 0.126 e. The summed E-state index contributed by atoms with van der Waals surface area (Å²) in [6, 6.07) is 4.42. The highest BCUT2D eigenvalue weighted by Gasteiger charge is 2.18. The van der Waals surface area contributed by atoms with Crippen LogP contribution in [0.4, 0.5) is 4.39 Å². The van der Waals surface area contributed by atoms with Crippen molar-refractivity contribution in [3.8, 4) is 0 Å². The van der Waals surface area contributed by atoms with E-state index >= 15 is 0 Å². The zero-order valence-corrected chi connectivity index (χ0v) is 10.7. The van der Waals surface area contributed by atoms with Gasteiger partial charge in [-0.1, -0.05) is 32.4 Å². The summed E-state index contributed by atoms with van der Waals surface area (Å²) < 4.78 is 13.4. The van der Waals surface area contributed by atoms with Gasteiger partial charge in [0.2, 0.25) is 0 Å². The number of halogens is 2. The third-order valence-electron chi connectivity index (χ3n) is 2.31. The van der Waals surface area contributed by atoms with Crippen molar-refractivity contribution < 1.29 is 9.50 Å². The fourth-order valence-electron chi connectivity index (χ4n) is 1.73. The second kappa shape index (κ2) is 5.15. The van der Waals surface area contributed by atoms with Crippen LogP contribution in [-0.4, -0.2) is 11.2 Å². The van der Waals surface area contributed by atoms with E-state index in [1.54, 1.807) is 6.07 Å². The molecule has 0 bridgehead atoms. The Labute approximate surface area is 101 Å². The van der Waals surface area contributed by atoms with Gasteiger partial charge in [0.15, 0.2) is 0 Å². The van der Waals surface area contributed by atoms with Crippen LogP contribution in [0.3, 0.4) is 0 Å². The Hall–Kier alpha value is -0.600. The van der Waals surface area contributed by atoms with Crippen molar-refractivity contribution in [1.29, 1.82) is 0 Å². The summed E-state index contributed by atoms with van der Waals surface area (Å²) >= 11 is 5.79. The summed E-state index contributed by atoms with van der Waals surface area (Å²) in [7, 11) is 0. The molecule has 0 aliphatic carbocycles. The van der Waals surface area contributed by atoms with Gasteiger partial charge < -0.3 is 5.11 Å². The molecule has 0 aromatic heterocycles. The van der Waals surface area contributed by atoms with Gasteiger partial charge in [-0.05, 0) is 35.6 Å². The quantitative estimate of drug-likeness (QED) is 0.857. The second-order valence-electron chi connectivity index (χ2n) is 5.36. The molecule has 16 heavy (non-hydrogen) atoms. The molecule has 3 heteroatoms. The minimum Gasteiger partial charge on any atom is -0.393 e. The molecule has 1 aromatic rings. The Morgan fingerprint density at radius 2 is 2.00 bits per heavy atom. The first-order chi connectivity index (χ1) is 7.28. The molecule has 0 saturated carbocycles. The van der Waals surface area contributed by atoms with Crippen molar-refractivity contribution >= 4 is 11.6 Å². The maximum absolute atomic E-state index is 13.4. The summed E-state index contributed by atoms with van der Waals surface area (Å²) in [5.41, 5.74) is 0.512. The van der Waals surface area contributed by atoms with Gasteiger partial charge in [-0.2, -0.15) is 0 Å². The highest BCUT2D eigenvalue weighted by molar-refractivity contribution is 6.30. The predicted octanol–water partition coefficient (Wildman–Crippen LogP) is 3.82. The third-order valence-corrected chi connectivity index (χ3v) is 2.55. The van der Waals surface area contributed by atoms with E-state index in [0.29, 0.717) is 23.4 Å². The minimum absolute atomic E-state index is 0.0362. The fraction of sp³-hybridized carbons (Fsp3) is 0.538. The summed E-state index contributed by atoms with van der Waals surface area (Å²) in [6.45, 7) is 6.14. The topological polar surface area (TPSA) is 20.2 Å². The van der Waals surface area contributed by atoms with E-state index in [9.17, 15) is 9.50 Å². The first-order valence-electron chi connectivity index (χ1n) is 5.40. The van der Waals surface area contributed by atoms with Crippen molar-refractivity contribution in [3.63, 3.8) is 0 Å². The molecule has 1 N–H and O–H groups in total. The van der Waals surface area contributed by atoms with Gasteiger partial charge in [-0.15, -0.1) is 0 Å². The van der Waals surface area contributed by atoms with Gasteiger partial charge in [0.05, 0.1) is 6.10 Å². The Bertz CT molecular complexity index is 357.